The van der Waals surface area contributed by atoms with Gasteiger partial charge >= 0.3 is 0 Å². The van der Waals surface area contributed by atoms with Crippen molar-refractivity contribution in [1.29, 1.82) is 0 Å². The molecule has 7 nitrogen and oxygen atoms in total. The first-order valence-electron chi connectivity index (χ1n) is 8.73. The highest BCUT2D eigenvalue weighted by Gasteiger charge is 2.30. The summed E-state index contributed by atoms with van der Waals surface area (Å²) in [6, 6.07) is 8.88. The lowest BCUT2D eigenvalue weighted by molar-refractivity contribution is 0.391. The summed E-state index contributed by atoms with van der Waals surface area (Å²) in [5, 5.41) is 0. The second kappa shape index (κ2) is 8.97. The van der Waals surface area contributed by atoms with E-state index in [0.29, 0.717) is 27.1 Å². The van der Waals surface area contributed by atoms with Gasteiger partial charge in [0, 0.05) is 28.4 Å². The molecule has 0 radical (unpaired) electrons. The van der Waals surface area contributed by atoms with Gasteiger partial charge in [-0.1, -0.05) is 15.9 Å². The van der Waals surface area contributed by atoms with Crippen molar-refractivity contribution in [1.82, 2.24) is 9.97 Å². The second-order valence-corrected chi connectivity index (χ2v) is 8.97. The Morgan fingerprint density at radius 1 is 1.13 bits per heavy atom. The smallest absolute Gasteiger partial charge is 0.268 e. The summed E-state index contributed by atoms with van der Waals surface area (Å²) < 4.78 is 53.7. The number of aromatic nitrogens is 2. The normalized spacial score (nSPS) is 11.2. The lowest BCUT2D eigenvalue weighted by atomic mass is 10.2. The van der Waals surface area contributed by atoms with E-state index in [9.17, 15) is 12.8 Å². The van der Waals surface area contributed by atoms with Crippen molar-refractivity contribution in [2.45, 2.75) is 18.4 Å². The Bertz CT molecular complexity index is 1160. The molecule has 1 aromatic heterocycles. The van der Waals surface area contributed by atoms with E-state index in [4.69, 9.17) is 9.47 Å². The number of rotatable bonds is 7. The monoisotopic (exact) mass is 495 g/mol. The fourth-order valence-corrected chi connectivity index (χ4v) is 4.65. The zero-order valence-electron chi connectivity index (χ0n) is 16.5. The summed E-state index contributed by atoms with van der Waals surface area (Å²) in [7, 11) is -1.31. The number of sulfonamides is 1. The molecule has 0 spiro atoms. The molecule has 10 heteroatoms. The predicted molar refractivity (Wildman–Crippen MR) is 114 cm³/mol. The molecular weight excluding hydrogens is 477 g/mol. The number of anilines is 1. The zero-order valence-corrected chi connectivity index (χ0v) is 18.9. The Labute approximate surface area is 182 Å². The van der Waals surface area contributed by atoms with Crippen LogP contribution in [0.15, 0.2) is 58.3 Å². The molecule has 0 amide bonds. The number of nitrogens with zero attached hydrogens (tertiary/aromatic N) is 3. The van der Waals surface area contributed by atoms with Crippen molar-refractivity contribution in [3.8, 4) is 11.5 Å². The van der Waals surface area contributed by atoms with Crippen LogP contribution in [0.25, 0.3) is 0 Å². The van der Waals surface area contributed by atoms with E-state index in [2.05, 4.69) is 25.9 Å². The standard InChI is InChI=1S/C20H19BrFN3O4S/c1-13-8-19(17(22)10-16(13)21)30(26,27)25(20-6-7-23-12-24-20)11-14-4-5-15(28-2)9-18(14)29-3/h4-10,12H,11H2,1-3H3. The molecule has 3 aromatic rings. The van der Waals surface area contributed by atoms with Gasteiger partial charge in [-0.2, -0.15) is 0 Å². The van der Waals surface area contributed by atoms with Crippen LogP contribution in [-0.2, 0) is 16.6 Å². The average molecular weight is 496 g/mol. The van der Waals surface area contributed by atoms with Crippen LogP contribution in [0.4, 0.5) is 10.2 Å². The quantitative estimate of drug-likeness (QED) is 0.490. The second-order valence-electron chi connectivity index (χ2n) is 6.29. The molecule has 0 aliphatic rings. The zero-order chi connectivity index (χ0) is 21.9. The van der Waals surface area contributed by atoms with Crippen LogP contribution in [0.1, 0.15) is 11.1 Å². The Morgan fingerprint density at radius 2 is 1.90 bits per heavy atom. The van der Waals surface area contributed by atoms with Gasteiger partial charge in [-0.3, -0.25) is 0 Å². The van der Waals surface area contributed by atoms with Gasteiger partial charge in [-0.25, -0.2) is 27.1 Å². The molecule has 3 rings (SSSR count). The first-order valence-corrected chi connectivity index (χ1v) is 11.0. The van der Waals surface area contributed by atoms with E-state index >= 15 is 0 Å². The minimum absolute atomic E-state index is 0.0999. The van der Waals surface area contributed by atoms with Gasteiger partial charge in [0.1, 0.15) is 34.4 Å². The summed E-state index contributed by atoms with van der Waals surface area (Å²) in [6.45, 7) is 1.55. The minimum Gasteiger partial charge on any atom is -0.497 e. The summed E-state index contributed by atoms with van der Waals surface area (Å²) in [5.74, 6) is 0.216. The van der Waals surface area contributed by atoms with Gasteiger partial charge < -0.3 is 9.47 Å². The Balaban J connectivity index is 2.14. The van der Waals surface area contributed by atoms with Crippen LogP contribution >= 0.6 is 15.9 Å². The van der Waals surface area contributed by atoms with Gasteiger partial charge in [0.2, 0.25) is 0 Å². The number of benzene rings is 2. The number of hydrogen-bond acceptors (Lipinski definition) is 6. The molecular formula is C20H19BrFN3O4S. The Hall–Kier alpha value is -2.72. The van der Waals surface area contributed by atoms with Crippen LogP contribution in [0.2, 0.25) is 0 Å². The lowest BCUT2D eigenvalue weighted by Crippen LogP contribution is -2.32. The van der Waals surface area contributed by atoms with Crippen LogP contribution < -0.4 is 13.8 Å². The van der Waals surface area contributed by atoms with E-state index in [1.165, 1.54) is 38.9 Å². The number of aryl methyl sites for hydroxylation is 1. The molecule has 0 saturated heterocycles. The number of hydrogen-bond donors (Lipinski definition) is 0. The van der Waals surface area contributed by atoms with Crippen molar-refractivity contribution >= 4 is 31.8 Å². The van der Waals surface area contributed by atoms with E-state index in [1.54, 1.807) is 25.1 Å². The third-order valence-corrected chi connectivity index (χ3v) is 7.03. The highest BCUT2D eigenvalue weighted by atomic mass is 79.9. The van der Waals surface area contributed by atoms with Crippen molar-refractivity contribution in [2.75, 3.05) is 18.5 Å². The summed E-state index contributed by atoms with van der Waals surface area (Å²) in [6.07, 6.45) is 2.64. The SMILES string of the molecule is COc1ccc(CN(c2ccncn2)S(=O)(=O)c2cc(C)c(Br)cc2F)c(OC)c1. The van der Waals surface area contributed by atoms with E-state index < -0.39 is 20.7 Å². The van der Waals surface area contributed by atoms with Crippen LogP contribution in [0.5, 0.6) is 11.5 Å². The number of ether oxygens (including phenoxy) is 2. The summed E-state index contributed by atoms with van der Waals surface area (Å²) in [4.78, 5) is 7.45. The molecule has 0 saturated carbocycles. The third-order valence-electron chi connectivity index (χ3n) is 4.41. The van der Waals surface area contributed by atoms with Gasteiger partial charge in [0.15, 0.2) is 0 Å². The lowest BCUT2D eigenvalue weighted by Gasteiger charge is -2.25. The predicted octanol–water partition coefficient (Wildman–Crippen LogP) is 4.10. The van der Waals surface area contributed by atoms with Crippen LogP contribution in [0, 0.1) is 12.7 Å². The topological polar surface area (TPSA) is 81.6 Å². The summed E-state index contributed by atoms with van der Waals surface area (Å²) in [5.41, 5.74) is 1.13. The number of halogens is 2. The molecule has 2 aromatic carbocycles. The van der Waals surface area contributed by atoms with E-state index in [1.807, 2.05) is 0 Å². The van der Waals surface area contributed by atoms with Crippen molar-refractivity contribution in [3.63, 3.8) is 0 Å². The van der Waals surface area contributed by atoms with E-state index in [-0.39, 0.29) is 12.4 Å². The molecule has 0 aliphatic carbocycles. The molecule has 0 fully saturated rings. The highest BCUT2D eigenvalue weighted by Crippen LogP contribution is 2.32. The van der Waals surface area contributed by atoms with Crippen molar-refractivity contribution < 1.29 is 22.3 Å². The summed E-state index contributed by atoms with van der Waals surface area (Å²) >= 11 is 3.22. The third kappa shape index (κ3) is 4.39. The number of methoxy groups -OCH3 is 2. The Morgan fingerprint density at radius 3 is 2.53 bits per heavy atom. The maximum atomic E-state index is 14.7. The first kappa shape index (κ1) is 22.0. The van der Waals surface area contributed by atoms with Crippen LogP contribution in [-0.4, -0.2) is 32.6 Å². The maximum Gasteiger partial charge on any atom is 0.268 e. The van der Waals surface area contributed by atoms with Crippen LogP contribution in [0.3, 0.4) is 0 Å². The molecule has 0 atom stereocenters. The molecule has 30 heavy (non-hydrogen) atoms. The maximum absolute atomic E-state index is 14.7. The van der Waals surface area contributed by atoms with Crippen molar-refractivity contribution in [3.05, 3.63) is 70.3 Å². The first-order chi connectivity index (χ1) is 14.3. The largest absolute Gasteiger partial charge is 0.497 e. The van der Waals surface area contributed by atoms with Crippen molar-refractivity contribution in [2.24, 2.45) is 0 Å². The molecule has 0 N–H and O–H groups in total. The molecule has 0 bridgehead atoms. The fraction of sp³-hybridized carbons (Fsp3) is 0.200. The molecule has 158 valence electrons. The van der Waals surface area contributed by atoms with E-state index in [0.717, 1.165) is 10.4 Å². The minimum atomic E-state index is -4.30. The molecule has 1 heterocycles. The average Bonchev–Trinajstić information content (AvgIpc) is 2.74. The fourth-order valence-electron chi connectivity index (χ4n) is 2.80. The molecule has 0 aliphatic heterocycles. The Kier molecular flexibility index (Phi) is 6.57. The van der Waals surface area contributed by atoms with Gasteiger partial charge in [0.25, 0.3) is 10.0 Å². The molecule has 0 unspecified atom stereocenters. The van der Waals surface area contributed by atoms with Gasteiger partial charge in [-0.05, 0) is 36.8 Å². The van der Waals surface area contributed by atoms with Gasteiger partial charge in [0.05, 0.1) is 20.8 Å². The highest BCUT2D eigenvalue weighted by molar-refractivity contribution is 9.10. The van der Waals surface area contributed by atoms with Gasteiger partial charge in [-0.15, -0.1) is 0 Å².